The van der Waals surface area contributed by atoms with Gasteiger partial charge in [0, 0.05) is 5.69 Å². The number of hydrazone groups is 1. The highest BCUT2D eigenvalue weighted by atomic mass is 32.1. The molecule has 7 nitrogen and oxygen atoms in total. The van der Waals surface area contributed by atoms with E-state index in [1.165, 1.54) is 17.6 Å². The smallest absolute Gasteiger partial charge is 0.353 e. The first-order valence-electron chi connectivity index (χ1n) is 8.58. The summed E-state index contributed by atoms with van der Waals surface area (Å²) < 4.78 is 5.26. The number of thiophene rings is 1. The lowest BCUT2D eigenvalue weighted by molar-refractivity contribution is -0.136. The average molecular weight is 407 g/mol. The molecule has 3 rings (SSSR count). The number of nitrogens with zero attached hydrogens (tertiary/aromatic N) is 1. The maximum atomic E-state index is 11.9. The van der Waals surface area contributed by atoms with Gasteiger partial charge in [0.1, 0.15) is 10.6 Å². The first-order valence-corrected chi connectivity index (χ1v) is 9.46. The molecule has 0 aliphatic rings. The summed E-state index contributed by atoms with van der Waals surface area (Å²) in [6, 6.07) is 17.1. The number of benzene rings is 2. The van der Waals surface area contributed by atoms with Crippen molar-refractivity contribution in [1.29, 1.82) is 0 Å². The number of anilines is 1. The monoisotopic (exact) mass is 407 g/mol. The van der Waals surface area contributed by atoms with Gasteiger partial charge in [-0.05, 0) is 60.3 Å². The van der Waals surface area contributed by atoms with Crippen LogP contribution < -0.4 is 15.5 Å². The van der Waals surface area contributed by atoms with Crippen molar-refractivity contribution in [3.8, 4) is 5.75 Å². The molecule has 2 amide bonds. The predicted molar refractivity (Wildman–Crippen MR) is 111 cm³/mol. The molecule has 0 radical (unpaired) electrons. The third kappa shape index (κ3) is 5.85. The summed E-state index contributed by atoms with van der Waals surface area (Å²) in [4.78, 5) is 36.0. The SMILES string of the molecule is Cc1ccc(NC(=O)C(=O)N/N=C\c2ccc(OC(=O)c3cccs3)cc2)cc1. The van der Waals surface area contributed by atoms with Crippen LogP contribution in [-0.2, 0) is 9.59 Å². The van der Waals surface area contributed by atoms with Gasteiger partial charge in [0.05, 0.1) is 6.21 Å². The van der Waals surface area contributed by atoms with Crippen LogP contribution in [0.2, 0.25) is 0 Å². The number of esters is 1. The van der Waals surface area contributed by atoms with Crippen LogP contribution in [0.15, 0.2) is 71.1 Å². The van der Waals surface area contributed by atoms with Gasteiger partial charge in [0.25, 0.3) is 0 Å². The van der Waals surface area contributed by atoms with E-state index in [2.05, 4.69) is 15.8 Å². The quantitative estimate of drug-likeness (QED) is 0.223. The zero-order valence-corrected chi connectivity index (χ0v) is 16.2. The molecule has 29 heavy (non-hydrogen) atoms. The number of amides is 2. The van der Waals surface area contributed by atoms with Crippen molar-refractivity contribution in [3.63, 3.8) is 0 Å². The minimum atomic E-state index is -0.886. The molecule has 1 aromatic heterocycles. The number of aryl methyl sites for hydroxylation is 1. The second-order valence-corrected chi connectivity index (χ2v) is 6.90. The number of carbonyl (C=O) groups is 3. The number of ether oxygens (including phenoxy) is 1. The van der Waals surface area contributed by atoms with Gasteiger partial charge in [-0.25, -0.2) is 10.2 Å². The normalized spacial score (nSPS) is 10.5. The summed E-state index contributed by atoms with van der Waals surface area (Å²) in [5.41, 5.74) is 4.38. The topological polar surface area (TPSA) is 96.9 Å². The molecule has 0 spiro atoms. The Hall–Kier alpha value is -3.78. The molecule has 0 atom stereocenters. The molecule has 146 valence electrons. The minimum Gasteiger partial charge on any atom is -0.422 e. The Morgan fingerprint density at radius 1 is 0.966 bits per heavy atom. The van der Waals surface area contributed by atoms with E-state index in [4.69, 9.17) is 4.74 Å². The minimum absolute atomic E-state index is 0.391. The molecule has 0 saturated carbocycles. The van der Waals surface area contributed by atoms with Crippen molar-refractivity contribution < 1.29 is 19.1 Å². The van der Waals surface area contributed by atoms with Crippen molar-refractivity contribution in [3.05, 3.63) is 82.0 Å². The fraction of sp³-hybridized carbons (Fsp3) is 0.0476. The lowest BCUT2D eigenvalue weighted by atomic mass is 10.2. The maximum absolute atomic E-state index is 11.9. The van der Waals surface area contributed by atoms with E-state index in [0.717, 1.165) is 5.56 Å². The number of hydrogen-bond donors (Lipinski definition) is 2. The molecular weight excluding hydrogens is 390 g/mol. The molecule has 0 bridgehead atoms. The average Bonchev–Trinajstić information content (AvgIpc) is 3.26. The van der Waals surface area contributed by atoms with Gasteiger partial charge < -0.3 is 10.1 Å². The van der Waals surface area contributed by atoms with Gasteiger partial charge >= 0.3 is 17.8 Å². The fourth-order valence-electron chi connectivity index (χ4n) is 2.21. The molecule has 3 aromatic rings. The Bertz CT molecular complexity index is 1030. The van der Waals surface area contributed by atoms with Crippen molar-refractivity contribution >= 4 is 41.0 Å². The Labute approximate surface area is 171 Å². The predicted octanol–water partition coefficient (Wildman–Crippen LogP) is 3.36. The van der Waals surface area contributed by atoms with Crippen LogP contribution in [0.4, 0.5) is 5.69 Å². The molecule has 0 saturated heterocycles. The molecule has 0 aliphatic carbocycles. The maximum Gasteiger partial charge on any atom is 0.353 e. The Balaban J connectivity index is 1.49. The van der Waals surface area contributed by atoms with Gasteiger partial charge in [0.2, 0.25) is 0 Å². The first kappa shape index (κ1) is 20.0. The van der Waals surface area contributed by atoms with E-state index in [1.807, 2.05) is 19.1 Å². The van der Waals surface area contributed by atoms with Crippen molar-refractivity contribution in [2.45, 2.75) is 6.92 Å². The molecule has 2 aromatic carbocycles. The van der Waals surface area contributed by atoms with Crippen LogP contribution in [-0.4, -0.2) is 24.0 Å². The van der Waals surface area contributed by atoms with E-state index in [-0.39, 0.29) is 0 Å². The molecule has 0 aliphatic heterocycles. The van der Waals surface area contributed by atoms with Crippen molar-refractivity contribution in [2.24, 2.45) is 5.10 Å². The number of nitrogens with one attached hydrogen (secondary N) is 2. The molecule has 8 heteroatoms. The van der Waals surface area contributed by atoms with Crippen LogP contribution in [0, 0.1) is 6.92 Å². The standard InChI is InChI=1S/C21H17N3O4S/c1-14-4-8-16(9-5-14)23-19(25)20(26)24-22-13-15-6-10-17(11-7-15)28-21(27)18-3-2-12-29-18/h2-13H,1H3,(H,23,25)(H,24,26)/b22-13-. The van der Waals surface area contributed by atoms with Crippen LogP contribution >= 0.6 is 11.3 Å². The zero-order valence-electron chi connectivity index (χ0n) is 15.4. The highest BCUT2D eigenvalue weighted by Crippen LogP contribution is 2.16. The molecule has 0 fully saturated rings. The molecule has 1 heterocycles. The van der Waals surface area contributed by atoms with Crippen LogP contribution in [0.25, 0.3) is 0 Å². The second kappa shape index (κ2) is 9.43. The zero-order chi connectivity index (χ0) is 20.6. The van der Waals surface area contributed by atoms with E-state index in [1.54, 1.807) is 53.9 Å². The second-order valence-electron chi connectivity index (χ2n) is 5.96. The van der Waals surface area contributed by atoms with Gasteiger partial charge in [-0.3, -0.25) is 9.59 Å². The van der Waals surface area contributed by atoms with E-state index < -0.39 is 17.8 Å². The summed E-state index contributed by atoms with van der Waals surface area (Å²) in [5.74, 6) is -1.74. The van der Waals surface area contributed by atoms with Gasteiger partial charge in [-0.1, -0.05) is 23.8 Å². The summed E-state index contributed by atoms with van der Waals surface area (Å²) >= 11 is 1.30. The summed E-state index contributed by atoms with van der Waals surface area (Å²) in [6.07, 6.45) is 1.38. The van der Waals surface area contributed by atoms with E-state index in [9.17, 15) is 14.4 Å². The van der Waals surface area contributed by atoms with E-state index >= 15 is 0 Å². The molecular formula is C21H17N3O4S. The fourth-order valence-corrected chi connectivity index (χ4v) is 2.81. The molecule has 2 N–H and O–H groups in total. The third-order valence-corrected chi connectivity index (χ3v) is 4.56. The summed E-state index contributed by atoms with van der Waals surface area (Å²) in [6.45, 7) is 1.92. The number of hydrogen-bond acceptors (Lipinski definition) is 6. The Morgan fingerprint density at radius 2 is 1.69 bits per heavy atom. The largest absolute Gasteiger partial charge is 0.422 e. The van der Waals surface area contributed by atoms with Crippen LogP contribution in [0.1, 0.15) is 20.8 Å². The van der Waals surface area contributed by atoms with Crippen LogP contribution in [0.5, 0.6) is 5.75 Å². The number of carbonyl (C=O) groups excluding carboxylic acids is 3. The lowest BCUT2D eigenvalue weighted by Crippen LogP contribution is -2.32. The summed E-state index contributed by atoms with van der Waals surface area (Å²) in [5, 5.41) is 8.04. The van der Waals surface area contributed by atoms with Crippen LogP contribution in [0.3, 0.4) is 0 Å². The number of rotatable bonds is 5. The highest BCUT2D eigenvalue weighted by molar-refractivity contribution is 7.12. The first-order chi connectivity index (χ1) is 14.0. The van der Waals surface area contributed by atoms with Crippen molar-refractivity contribution in [1.82, 2.24) is 5.43 Å². The van der Waals surface area contributed by atoms with Gasteiger partial charge in [0.15, 0.2) is 0 Å². The third-order valence-electron chi connectivity index (χ3n) is 3.71. The van der Waals surface area contributed by atoms with Crippen molar-refractivity contribution in [2.75, 3.05) is 5.32 Å². The van der Waals surface area contributed by atoms with Gasteiger partial charge in [-0.15, -0.1) is 11.3 Å². The molecule has 0 unspecified atom stereocenters. The van der Waals surface area contributed by atoms with E-state index in [0.29, 0.717) is 21.9 Å². The Morgan fingerprint density at radius 3 is 2.34 bits per heavy atom. The Kier molecular flexibility index (Phi) is 6.49. The highest BCUT2D eigenvalue weighted by Gasteiger charge is 2.12. The lowest BCUT2D eigenvalue weighted by Gasteiger charge is -2.04. The summed E-state index contributed by atoms with van der Waals surface area (Å²) in [7, 11) is 0. The van der Waals surface area contributed by atoms with Gasteiger partial charge in [-0.2, -0.15) is 5.10 Å².